The number of fused-ring (bicyclic) bond motifs is 1. The fourth-order valence-corrected chi connectivity index (χ4v) is 4.07. The Kier molecular flexibility index (Phi) is 5.91. The van der Waals surface area contributed by atoms with Crippen LogP contribution in [-0.2, 0) is 4.79 Å². The van der Waals surface area contributed by atoms with Gasteiger partial charge in [-0.25, -0.2) is 0 Å². The van der Waals surface area contributed by atoms with Crippen LogP contribution in [0.25, 0.3) is 11.1 Å². The third-order valence-electron chi connectivity index (χ3n) is 5.49. The van der Waals surface area contributed by atoms with Crippen molar-refractivity contribution < 1.29 is 14.3 Å². The number of aliphatic imine (C=N–C) groups is 1. The van der Waals surface area contributed by atoms with Crippen molar-refractivity contribution in [3.63, 3.8) is 0 Å². The molecule has 4 rings (SSSR count). The average Bonchev–Trinajstić information content (AvgIpc) is 2.98. The normalized spacial score (nSPS) is 13.0. The molecule has 0 spiro atoms. The number of hydrogen-bond donors (Lipinski definition) is 0. The lowest BCUT2D eigenvalue weighted by molar-refractivity contribution is -0.117. The second-order valence-corrected chi connectivity index (χ2v) is 7.24. The van der Waals surface area contributed by atoms with Crippen LogP contribution in [-0.4, -0.2) is 38.9 Å². The molecule has 0 fully saturated rings. The van der Waals surface area contributed by atoms with Gasteiger partial charge in [0.1, 0.15) is 18.0 Å². The van der Waals surface area contributed by atoms with Gasteiger partial charge in [0.2, 0.25) is 5.91 Å². The van der Waals surface area contributed by atoms with Gasteiger partial charge in [-0.3, -0.25) is 9.79 Å². The smallest absolute Gasteiger partial charge is 0.248 e. The van der Waals surface area contributed by atoms with Crippen molar-refractivity contribution in [2.75, 3.05) is 32.2 Å². The Morgan fingerprint density at radius 1 is 1.00 bits per heavy atom. The molecule has 32 heavy (non-hydrogen) atoms. The summed E-state index contributed by atoms with van der Waals surface area (Å²) in [5.74, 6) is 1.06. The molecule has 6 nitrogen and oxygen atoms in total. The van der Waals surface area contributed by atoms with E-state index < -0.39 is 0 Å². The first kappa shape index (κ1) is 21.1. The molecule has 1 aliphatic rings. The number of hydrogen-bond acceptors (Lipinski definition) is 5. The number of rotatable bonds is 5. The maximum absolute atomic E-state index is 12.9. The fraction of sp³-hybridized carbons (Fsp3) is 0.192. The molecule has 0 radical (unpaired) electrons. The number of anilines is 1. The van der Waals surface area contributed by atoms with Gasteiger partial charge >= 0.3 is 0 Å². The quantitative estimate of drug-likeness (QED) is 0.605. The van der Waals surface area contributed by atoms with E-state index in [0.717, 1.165) is 16.7 Å². The molecule has 0 aromatic heterocycles. The Hall–Kier alpha value is -4.11. The molecule has 0 atom stereocenters. The minimum Gasteiger partial charge on any atom is -0.496 e. The average molecular weight is 425 g/mol. The SMILES string of the molecule is CCN1C(=O)CN=C(c2cccc(C#N)c2)c2c1cc(OC)c(-c1ccccc1)c2OC. The van der Waals surface area contributed by atoms with E-state index in [4.69, 9.17) is 9.47 Å². The van der Waals surface area contributed by atoms with E-state index >= 15 is 0 Å². The van der Waals surface area contributed by atoms with Crippen LogP contribution in [0.4, 0.5) is 5.69 Å². The zero-order valence-electron chi connectivity index (χ0n) is 18.3. The van der Waals surface area contributed by atoms with E-state index in [1.807, 2.05) is 55.5 Å². The first-order chi connectivity index (χ1) is 15.6. The highest BCUT2D eigenvalue weighted by atomic mass is 16.5. The number of methoxy groups -OCH3 is 2. The van der Waals surface area contributed by atoms with Crippen molar-refractivity contribution in [2.45, 2.75) is 6.92 Å². The predicted octanol–water partition coefficient (Wildman–Crippen LogP) is 4.45. The summed E-state index contributed by atoms with van der Waals surface area (Å²) in [6, 6.07) is 21.1. The van der Waals surface area contributed by atoms with Crippen molar-refractivity contribution in [1.29, 1.82) is 5.26 Å². The standard InChI is InChI=1S/C26H23N3O3/c1-4-29-20-14-21(31-2)23(18-10-6-5-7-11-18)26(32-3)24(20)25(28-16-22(29)30)19-12-8-9-17(13-19)15-27/h5-14H,4,16H2,1-3H3. The lowest BCUT2D eigenvalue weighted by Gasteiger charge is -2.26. The number of likely N-dealkylation sites (N-methyl/N-ethyl adjacent to an activating group) is 1. The zero-order valence-corrected chi connectivity index (χ0v) is 18.3. The Labute approximate surface area is 187 Å². The van der Waals surface area contributed by atoms with E-state index in [-0.39, 0.29) is 12.5 Å². The number of nitrogens with zero attached hydrogens (tertiary/aromatic N) is 3. The summed E-state index contributed by atoms with van der Waals surface area (Å²) >= 11 is 0. The summed E-state index contributed by atoms with van der Waals surface area (Å²) in [6.45, 7) is 2.40. The Morgan fingerprint density at radius 3 is 2.41 bits per heavy atom. The molecule has 0 saturated heterocycles. The Balaban J connectivity index is 2.10. The number of carbonyl (C=O) groups is 1. The zero-order chi connectivity index (χ0) is 22.7. The van der Waals surface area contributed by atoms with E-state index in [9.17, 15) is 10.1 Å². The number of carbonyl (C=O) groups excluding carboxylic acids is 1. The molecule has 0 unspecified atom stereocenters. The van der Waals surface area contributed by atoms with Gasteiger partial charge in [-0.2, -0.15) is 5.26 Å². The summed E-state index contributed by atoms with van der Waals surface area (Å²) in [7, 11) is 3.21. The molecular formula is C26H23N3O3. The van der Waals surface area contributed by atoms with Crippen molar-refractivity contribution >= 4 is 17.3 Å². The van der Waals surface area contributed by atoms with Crippen molar-refractivity contribution in [2.24, 2.45) is 4.99 Å². The molecule has 1 aliphatic heterocycles. The van der Waals surface area contributed by atoms with Gasteiger partial charge in [-0.1, -0.05) is 42.5 Å². The van der Waals surface area contributed by atoms with E-state index in [2.05, 4.69) is 11.1 Å². The van der Waals surface area contributed by atoms with Crippen LogP contribution in [0.3, 0.4) is 0 Å². The molecule has 160 valence electrons. The largest absolute Gasteiger partial charge is 0.496 e. The molecule has 3 aromatic carbocycles. The lowest BCUT2D eigenvalue weighted by Crippen LogP contribution is -2.32. The number of ether oxygens (including phenoxy) is 2. The maximum atomic E-state index is 12.9. The number of benzodiazepines with no additional fused rings is 1. The lowest BCUT2D eigenvalue weighted by atomic mass is 9.92. The molecule has 0 saturated carbocycles. The Bertz CT molecular complexity index is 1240. The highest BCUT2D eigenvalue weighted by Crippen LogP contribution is 2.47. The van der Waals surface area contributed by atoms with Gasteiger partial charge in [-0.05, 0) is 24.6 Å². The van der Waals surface area contributed by atoms with Crippen molar-refractivity contribution in [3.8, 4) is 28.7 Å². The Morgan fingerprint density at radius 2 is 1.75 bits per heavy atom. The maximum Gasteiger partial charge on any atom is 0.248 e. The first-order valence-corrected chi connectivity index (χ1v) is 10.3. The molecule has 1 amide bonds. The van der Waals surface area contributed by atoms with E-state index in [1.54, 1.807) is 31.3 Å². The van der Waals surface area contributed by atoms with Gasteiger partial charge in [-0.15, -0.1) is 0 Å². The highest BCUT2D eigenvalue weighted by Gasteiger charge is 2.31. The monoisotopic (exact) mass is 425 g/mol. The molecule has 0 N–H and O–H groups in total. The van der Waals surface area contributed by atoms with Crippen molar-refractivity contribution in [1.82, 2.24) is 0 Å². The second kappa shape index (κ2) is 8.94. The summed E-state index contributed by atoms with van der Waals surface area (Å²) < 4.78 is 11.7. The van der Waals surface area contributed by atoms with Crippen LogP contribution in [0, 0.1) is 11.3 Å². The van der Waals surface area contributed by atoms with Gasteiger partial charge < -0.3 is 14.4 Å². The van der Waals surface area contributed by atoms with Gasteiger partial charge in [0.15, 0.2) is 0 Å². The molecule has 0 bridgehead atoms. The fourth-order valence-electron chi connectivity index (χ4n) is 4.07. The third kappa shape index (κ3) is 3.58. The number of amides is 1. The molecule has 3 aromatic rings. The number of nitriles is 1. The minimum absolute atomic E-state index is 0.000768. The van der Waals surface area contributed by atoms with Gasteiger partial charge in [0.25, 0.3) is 0 Å². The first-order valence-electron chi connectivity index (χ1n) is 10.3. The predicted molar refractivity (Wildman–Crippen MR) is 125 cm³/mol. The van der Waals surface area contributed by atoms with Gasteiger partial charge in [0.05, 0.1) is 48.4 Å². The van der Waals surface area contributed by atoms with Crippen LogP contribution in [0.15, 0.2) is 65.7 Å². The minimum atomic E-state index is -0.114. The van der Waals surface area contributed by atoms with Crippen LogP contribution < -0.4 is 14.4 Å². The molecule has 6 heteroatoms. The topological polar surface area (TPSA) is 74.9 Å². The van der Waals surface area contributed by atoms with Gasteiger partial charge in [0, 0.05) is 18.2 Å². The molecular weight excluding hydrogens is 402 g/mol. The van der Waals surface area contributed by atoms with E-state index in [0.29, 0.717) is 40.6 Å². The van der Waals surface area contributed by atoms with E-state index in [1.165, 1.54) is 0 Å². The van der Waals surface area contributed by atoms with Crippen LogP contribution in [0.5, 0.6) is 11.5 Å². The molecule has 0 aliphatic carbocycles. The summed E-state index contributed by atoms with van der Waals surface area (Å²) in [5.41, 5.74) is 4.96. The van der Waals surface area contributed by atoms with Crippen molar-refractivity contribution in [3.05, 3.63) is 77.4 Å². The highest BCUT2D eigenvalue weighted by molar-refractivity contribution is 6.22. The summed E-state index contributed by atoms with van der Waals surface area (Å²) in [6.07, 6.45) is 0. The van der Waals surface area contributed by atoms with Crippen LogP contribution in [0.1, 0.15) is 23.6 Å². The third-order valence-corrected chi connectivity index (χ3v) is 5.49. The molecule has 1 heterocycles. The second-order valence-electron chi connectivity index (χ2n) is 7.24. The summed E-state index contributed by atoms with van der Waals surface area (Å²) in [4.78, 5) is 19.3. The number of benzene rings is 3. The van der Waals surface area contributed by atoms with Crippen LogP contribution in [0.2, 0.25) is 0 Å². The van der Waals surface area contributed by atoms with Crippen LogP contribution >= 0.6 is 0 Å². The summed E-state index contributed by atoms with van der Waals surface area (Å²) in [5, 5.41) is 9.40.